The molecule has 3 aromatic rings. The average molecular weight is 489 g/mol. The van der Waals surface area contributed by atoms with Gasteiger partial charge < -0.3 is 9.84 Å². The summed E-state index contributed by atoms with van der Waals surface area (Å²) in [6, 6.07) is 7.99. The maximum Gasteiger partial charge on any atom is 0.421 e. The van der Waals surface area contributed by atoms with Crippen molar-refractivity contribution in [2.24, 2.45) is 0 Å². The number of fused-ring (bicyclic) bond motifs is 1. The summed E-state index contributed by atoms with van der Waals surface area (Å²) in [7, 11) is -4.28. The molecule has 0 saturated carbocycles. The number of nitrogens with one attached hydrogen (secondary N) is 2. The Hall–Kier alpha value is -3.60. The molecule has 0 fully saturated rings. The standard InChI is InChI=1S/C23H28N4O6S/c1-22(2,3)19-15(16-12-24-18-11-10-14(13-27(16)18)25-20(28)29)8-7-9-17(19)34(31,32)26-21(30)33-23(4,5)6/h7-13,25H,1-6H3,(H,26,30)(H,28,29). The first-order valence-electron chi connectivity index (χ1n) is 10.5. The maximum atomic E-state index is 13.2. The number of anilines is 1. The lowest BCUT2D eigenvalue weighted by molar-refractivity contribution is 0.0570. The normalized spacial score (nSPS) is 12.4. The van der Waals surface area contributed by atoms with Crippen molar-refractivity contribution in [3.05, 3.63) is 48.3 Å². The highest BCUT2D eigenvalue weighted by atomic mass is 32.2. The fourth-order valence-electron chi connectivity index (χ4n) is 3.58. The lowest BCUT2D eigenvalue weighted by Crippen LogP contribution is -2.37. The SMILES string of the molecule is CC(C)(C)OC(=O)NS(=O)(=O)c1cccc(-c2cnc3ccc(NC(=O)O)cn23)c1C(C)(C)C. The van der Waals surface area contributed by atoms with Gasteiger partial charge in [0.15, 0.2) is 0 Å². The quantitative estimate of drug-likeness (QED) is 0.487. The van der Waals surface area contributed by atoms with E-state index in [0.717, 1.165) is 0 Å². The Morgan fingerprint density at radius 2 is 1.74 bits per heavy atom. The van der Waals surface area contributed by atoms with Crippen molar-refractivity contribution >= 4 is 33.5 Å². The molecule has 2 heterocycles. The van der Waals surface area contributed by atoms with Crippen molar-refractivity contribution in [3.8, 4) is 11.3 Å². The van der Waals surface area contributed by atoms with Crippen LogP contribution in [0.3, 0.4) is 0 Å². The summed E-state index contributed by atoms with van der Waals surface area (Å²) in [5, 5.41) is 11.3. The van der Waals surface area contributed by atoms with Crippen molar-refractivity contribution in [1.29, 1.82) is 0 Å². The molecule has 0 bridgehead atoms. The van der Waals surface area contributed by atoms with Crippen molar-refractivity contribution in [2.75, 3.05) is 5.32 Å². The molecular weight excluding hydrogens is 460 g/mol. The summed E-state index contributed by atoms with van der Waals surface area (Å²) < 4.78 is 35.3. The summed E-state index contributed by atoms with van der Waals surface area (Å²) in [6.45, 7) is 10.5. The third-order valence-corrected chi connectivity index (χ3v) is 6.07. The van der Waals surface area contributed by atoms with Crippen LogP contribution in [0.1, 0.15) is 47.1 Å². The number of aromatic nitrogens is 2. The van der Waals surface area contributed by atoms with Crippen LogP contribution < -0.4 is 10.0 Å². The van der Waals surface area contributed by atoms with Crippen LogP contribution in [0.5, 0.6) is 0 Å². The molecule has 182 valence electrons. The van der Waals surface area contributed by atoms with Crippen molar-refractivity contribution in [2.45, 2.75) is 57.5 Å². The van der Waals surface area contributed by atoms with Crippen LogP contribution in [0.2, 0.25) is 0 Å². The molecule has 3 rings (SSSR count). The lowest BCUT2D eigenvalue weighted by Gasteiger charge is -2.26. The van der Waals surface area contributed by atoms with E-state index >= 15 is 0 Å². The number of imidazole rings is 1. The minimum absolute atomic E-state index is 0.0712. The zero-order valence-electron chi connectivity index (χ0n) is 19.8. The van der Waals surface area contributed by atoms with E-state index in [2.05, 4.69) is 10.3 Å². The Bertz CT molecular complexity index is 1360. The molecule has 2 amide bonds. The molecule has 0 aliphatic carbocycles. The van der Waals surface area contributed by atoms with E-state index in [1.807, 2.05) is 25.5 Å². The number of nitrogens with zero attached hydrogens (tertiary/aromatic N) is 2. The van der Waals surface area contributed by atoms with E-state index < -0.39 is 33.2 Å². The number of carbonyl (C=O) groups is 2. The third-order valence-electron chi connectivity index (χ3n) is 4.72. The van der Waals surface area contributed by atoms with Crippen LogP contribution in [0.4, 0.5) is 15.3 Å². The summed E-state index contributed by atoms with van der Waals surface area (Å²) in [4.78, 5) is 27.6. The van der Waals surface area contributed by atoms with Crippen molar-refractivity contribution in [1.82, 2.24) is 14.1 Å². The number of carbonyl (C=O) groups excluding carboxylic acids is 1. The van der Waals surface area contributed by atoms with E-state index in [4.69, 9.17) is 9.84 Å². The number of ether oxygens (including phenoxy) is 1. The van der Waals surface area contributed by atoms with Gasteiger partial charge in [-0.15, -0.1) is 0 Å². The number of hydrogen-bond donors (Lipinski definition) is 3. The first-order valence-corrected chi connectivity index (χ1v) is 11.9. The van der Waals surface area contributed by atoms with Gasteiger partial charge in [0.25, 0.3) is 10.0 Å². The molecule has 0 unspecified atom stereocenters. The highest BCUT2D eigenvalue weighted by molar-refractivity contribution is 7.90. The number of benzene rings is 1. The molecular formula is C23H28N4O6S. The Kier molecular flexibility index (Phi) is 6.36. The molecule has 0 spiro atoms. The molecule has 0 saturated heterocycles. The highest BCUT2D eigenvalue weighted by Crippen LogP contribution is 2.38. The summed E-state index contributed by atoms with van der Waals surface area (Å²) in [5.41, 5.74) is 0.938. The van der Waals surface area contributed by atoms with Gasteiger partial charge in [-0.3, -0.25) is 9.72 Å². The topological polar surface area (TPSA) is 139 Å². The number of hydrogen-bond acceptors (Lipinski definition) is 6. The molecule has 3 N–H and O–H groups in total. The van der Waals surface area contributed by atoms with E-state index in [1.54, 1.807) is 61.8 Å². The van der Waals surface area contributed by atoms with Crippen LogP contribution in [0.25, 0.3) is 16.9 Å². The number of sulfonamides is 1. The van der Waals surface area contributed by atoms with Gasteiger partial charge in [-0.1, -0.05) is 32.9 Å². The Balaban J connectivity index is 2.19. The smallest absolute Gasteiger partial charge is 0.421 e. The summed E-state index contributed by atoms with van der Waals surface area (Å²) >= 11 is 0. The van der Waals surface area contributed by atoms with E-state index in [-0.39, 0.29) is 4.90 Å². The highest BCUT2D eigenvalue weighted by Gasteiger charge is 2.32. The molecule has 10 nitrogen and oxygen atoms in total. The molecule has 0 aliphatic heterocycles. The third kappa shape index (κ3) is 5.48. The van der Waals surface area contributed by atoms with Crippen LogP contribution in [0, 0.1) is 0 Å². The maximum absolute atomic E-state index is 13.2. The van der Waals surface area contributed by atoms with Crippen LogP contribution in [-0.2, 0) is 20.2 Å². The second-order valence-corrected chi connectivity index (χ2v) is 11.4. The Labute approximate surface area is 198 Å². The molecule has 0 atom stereocenters. The van der Waals surface area contributed by atoms with E-state index in [9.17, 15) is 18.0 Å². The molecule has 0 radical (unpaired) electrons. The van der Waals surface area contributed by atoms with Crippen molar-refractivity contribution in [3.63, 3.8) is 0 Å². The molecule has 34 heavy (non-hydrogen) atoms. The lowest BCUT2D eigenvalue weighted by atomic mass is 9.83. The first-order chi connectivity index (χ1) is 15.6. The fourth-order valence-corrected chi connectivity index (χ4v) is 4.90. The van der Waals surface area contributed by atoms with Gasteiger partial charge in [0, 0.05) is 11.8 Å². The number of rotatable bonds is 4. The predicted molar refractivity (Wildman–Crippen MR) is 128 cm³/mol. The average Bonchev–Trinajstić information content (AvgIpc) is 3.07. The summed E-state index contributed by atoms with van der Waals surface area (Å²) in [6.07, 6.45) is 0.871. The fraction of sp³-hybridized carbons (Fsp3) is 0.348. The molecule has 11 heteroatoms. The number of pyridine rings is 1. The molecule has 0 aliphatic rings. The largest absolute Gasteiger partial charge is 0.465 e. The van der Waals surface area contributed by atoms with E-state index in [0.29, 0.717) is 28.2 Å². The van der Waals surface area contributed by atoms with Crippen molar-refractivity contribution < 1.29 is 27.9 Å². The van der Waals surface area contributed by atoms with E-state index in [1.165, 1.54) is 6.07 Å². The zero-order valence-corrected chi connectivity index (χ0v) is 20.6. The second-order valence-electron chi connectivity index (χ2n) is 9.76. The zero-order chi connectivity index (χ0) is 25.5. The Morgan fingerprint density at radius 1 is 1.06 bits per heavy atom. The summed E-state index contributed by atoms with van der Waals surface area (Å²) in [5.74, 6) is 0. The Morgan fingerprint density at radius 3 is 2.32 bits per heavy atom. The van der Waals surface area contributed by atoms with Gasteiger partial charge in [-0.05, 0) is 49.9 Å². The van der Waals surface area contributed by atoms with Crippen LogP contribution in [-0.4, -0.2) is 40.7 Å². The monoisotopic (exact) mass is 488 g/mol. The van der Waals surface area contributed by atoms with Gasteiger partial charge in [0.05, 0.1) is 22.5 Å². The van der Waals surface area contributed by atoms with Crippen LogP contribution >= 0.6 is 0 Å². The number of carboxylic acid groups (broad SMARTS) is 1. The second kappa shape index (κ2) is 8.64. The van der Waals surface area contributed by atoms with Crippen LogP contribution in [0.15, 0.2) is 47.6 Å². The minimum Gasteiger partial charge on any atom is -0.465 e. The number of amides is 2. The minimum atomic E-state index is -4.28. The van der Waals surface area contributed by atoms with Gasteiger partial charge in [-0.2, -0.15) is 0 Å². The predicted octanol–water partition coefficient (Wildman–Crippen LogP) is 4.60. The van der Waals surface area contributed by atoms with Gasteiger partial charge in [0.1, 0.15) is 11.2 Å². The van der Waals surface area contributed by atoms with Gasteiger partial charge >= 0.3 is 12.2 Å². The molecule has 2 aromatic heterocycles. The van der Waals surface area contributed by atoms with Gasteiger partial charge in [0.2, 0.25) is 0 Å². The first kappa shape index (κ1) is 25.0. The van der Waals surface area contributed by atoms with Gasteiger partial charge in [-0.25, -0.2) is 27.7 Å². The molecule has 1 aromatic carbocycles.